The van der Waals surface area contributed by atoms with E-state index in [9.17, 15) is 13.2 Å². The van der Waals surface area contributed by atoms with E-state index < -0.39 is 11.7 Å². The molecule has 0 N–H and O–H groups in total. The first kappa shape index (κ1) is 21.3. The number of alkyl halides is 3. The number of aryl methyl sites for hydroxylation is 1. The van der Waals surface area contributed by atoms with Gasteiger partial charge in [0.25, 0.3) is 0 Å². The number of fused-ring (bicyclic) bond motifs is 1. The second kappa shape index (κ2) is 8.67. The van der Waals surface area contributed by atoms with E-state index in [1.807, 2.05) is 36.5 Å². The Bertz CT molecular complexity index is 1050. The van der Waals surface area contributed by atoms with Gasteiger partial charge in [0.15, 0.2) is 0 Å². The Morgan fingerprint density at radius 1 is 0.968 bits per heavy atom. The van der Waals surface area contributed by atoms with E-state index >= 15 is 0 Å². The van der Waals surface area contributed by atoms with Gasteiger partial charge in [0.1, 0.15) is 11.5 Å². The molecule has 0 bridgehead atoms. The highest BCUT2D eigenvalue weighted by atomic mass is 19.4. The van der Waals surface area contributed by atoms with Crippen LogP contribution in [0.2, 0.25) is 0 Å². The Hall–Kier alpha value is -2.93. The largest absolute Gasteiger partial charge is 0.497 e. The molecule has 31 heavy (non-hydrogen) atoms. The van der Waals surface area contributed by atoms with Crippen molar-refractivity contribution in [1.29, 1.82) is 0 Å². The summed E-state index contributed by atoms with van der Waals surface area (Å²) in [6.45, 7) is 2.08. The summed E-state index contributed by atoms with van der Waals surface area (Å²) in [5.41, 5.74) is 1.90. The maximum absolute atomic E-state index is 13.4. The molecule has 1 aliphatic heterocycles. The maximum Gasteiger partial charge on any atom is 0.416 e. The van der Waals surface area contributed by atoms with Gasteiger partial charge in [-0.15, -0.1) is 0 Å². The van der Waals surface area contributed by atoms with E-state index in [0.29, 0.717) is 17.9 Å². The molecule has 2 heterocycles. The Labute approximate surface area is 179 Å². The summed E-state index contributed by atoms with van der Waals surface area (Å²) >= 11 is 0. The van der Waals surface area contributed by atoms with Crippen LogP contribution in [-0.2, 0) is 19.3 Å². The second-order valence-corrected chi connectivity index (χ2v) is 7.65. The molecule has 1 aromatic heterocycles. The quantitative estimate of drug-likeness (QED) is 0.533. The number of benzene rings is 2. The van der Waals surface area contributed by atoms with Gasteiger partial charge in [0.05, 0.1) is 25.8 Å². The van der Waals surface area contributed by atoms with Crippen LogP contribution in [0.15, 0.2) is 60.8 Å². The summed E-state index contributed by atoms with van der Waals surface area (Å²) in [6, 6.07) is 14.9. The standard InChI is InChI=1S/C24H25F3N2O2/c1-30-20-9-10-22(31-2)18(15-20)16-29-13-5-12-28-11-4-8-21(28)23(29)17-6-3-7-19(14-17)24(25,26)27/h3-4,6-11,14-15,23H,5,12-13,16H2,1-2H3/t23-/m0/s1. The molecule has 0 saturated carbocycles. The molecule has 2 aromatic carbocycles. The minimum Gasteiger partial charge on any atom is -0.497 e. The third-order valence-electron chi connectivity index (χ3n) is 5.74. The Morgan fingerprint density at radius 3 is 2.55 bits per heavy atom. The molecule has 0 fully saturated rings. The minimum absolute atomic E-state index is 0.310. The fourth-order valence-electron chi connectivity index (χ4n) is 4.30. The van der Waals surface area contributed by atoms with Crippen LogP contribution in [0.5, 0.6) is 11.5 Å². The van der Waals surface area contributed by atoms with Crippen molar-refractivity contribution in [3.63, 3.8) is 0 Å². The van der Waals surface area contributed by atoms with Gasteiger partial charge < -0.3 is 14.0 Å². The zero-order chi connectivity index (χ0) is 22.0. The highest BCUT2D eigenvalue weighted by Crippen LogP contribution is 2.37. The molecule has 0 unspecified atom stereocenters. The van der Waals surface area contributed by atoms with Crippen molar-refractivity contribution in [3.05, 3.63) is 83.2 Å². The molecule has 0 spiro atoms. The molecule has 4 nitrogen and oxygen atoms in total. The number of nitrogens with zero attached hydrogens (tertiary/aromatic N) is 2. The molecular formula is C24H25F3N2O2. The van der Waals surface area contributed by atoms with Crippen LogP contribution in [0.3, 0.4) is 0 Å². The molecule has 1 atom stereocenters. The zero-order valence-electron chi connectivity index (χ0n) is 17.5. The molecule has 4 rings (SSSR count). The first-order valence-electron chi connectivity index (χ1n) is 10.2. The molecule has 3 aromatic rings. The minimum atomic E-state index is -4.39. The van der Waals surface area contributed by atoms with Crippen LogP contribution in [0.1, 0.15) is 34.8 Å². The zero-order valence-corrected chi connectivity index (χ0v) is 17.5. The van der Waals surface area contributed by atoms with Crippen molar-refractivity contribution in [2.75, 3.05) is 20.8 Å². The van der Waals surface area contributed by atoms with Crippen LogP contribution in [0.25, 0.3) is 0 Å². The van der Waals surface area contributed by atoms with E-state index in [4.69, 9.17) is 9.47 Å². The maximum atomic E-state index is 13.4. The van der Waals surface area contributed by atoms with Crippen molar-refractivity contribution < 1.29 is 22.6 Å². The van der Waals surface area contributed by atoms with Crippen LogP contribution < -0.4 is 9.47 Å². The third kappa shape index (κ3) is 4.42. The number of aromatic nitrogens is 1. The van der Waals surface area contributed by atoms with Gasteiger partial charge in [-0.25, -0.2) is 0 Å². The van der Waals surface area contributed by atoms with Crippen molar-refractivity contribution in [2.24, 2.45) is 0 Å². The molecule has 7 heteroatoms. The topological polar surface area (TPSA) is 26.6 Å². The highest BCUT2D eigenvalue weighted by molar-refractivity contribution is 5.41. The summed E-state index contributed by atoms with van der Waals surface area (Å²) in [6.07, 6.45) is -1.50. The molecule has 0 aliphatic carbocycles. The predicted molar refractivity (Wildman–Crippen MR) is 112 cm³/mol. The van der Waals surface area contributed by atoms with Gasteiger partial charge in [0.2, 0.25) is 0 Å². The van der Waals surface area contributed by atoms with E-state index in [1.54, 1.807) is 20.3 Å². The molecular weight excluding hydrogens is 405 g/mol. The summed E-state index contributed by atoms with van der Waals surface area (Å²) < 4.78 is 53.3. The molecule has 164 valence electrons. The van der Waals surface area contributed by atoms with Crippen LogP contribution in [0.4, 0.5) is 13.2 Å². The van der Waals surface area contributed by atoms with Gasteiger partial charge in [-0.05, 0) is 54.4 Å². The van der Waals surface area contributed by atoms with Gasteiger partial charge in [-0.1, -0.05) is 12.1 Å². The van der Waals surface area contributed by atoms with Crippen molar-refractivity contribution in [2.45, 2.75) is 31.7 Å². The summed E-state index contributed by atoms with van der Waals surface area (Å²) in [4.78, 5) is 2.21. The lowest BCUT2D eigenvalue weighted by Gasteiger charge is -2.31. The predicted octanol–water partition coefficient (Wildman–Crippen LogP) is 5.52. The summed E-state index contributed by atoms with van der Waals surface area (Å²) in [7, 11) is 3.22. The van der Waals surface area contributed by atoms with Crippen LogP contribution in [-0.4, -0.2) is 30.2 Å². The monoisotopic (exact) mass is 430 g/mol. The highest BCUT2D eigenvalue weighted by Gasteiger charge is 2.33. The molecule has 1 aliphatic rings. The Morgan fingerprint density at radius 2 is 1.81 bits per heavy atom. The first-order chi connectivity index (χ1) is 14.9. The lowest BCUT2D eigenvalue weighted by molar-refractivity contribution is -0.137. The fourth-order valence-corrected chi connectivity index (χ4v) is 4.30. The number of hydrogen-bond acceptors (Lipinski definition) is 3. The molecule has 0 radical (unpaired) electrons. The lowest BCUT2D eigenvalue weighted by atomic mass is 9.98. The van der Waals surface area contributed by atoms with E-state index in [2.05, 4.69) is 9.47 Å². The number of ether oxygens (including phenoxy) is 2. The Kier molecular flexibility index (Phi) is 5.96. The Balaban J connectivity index is 1.78. The number of methoxy groups -OCH3 is 2. The summed E-state index contributed by atoms with van der Waals surface area (Å²) in [5, 5.41) is 0. The number of rotatable bonds is 5. The van der Waals surface area contributed by atoms with Crippen molar-refractivity contribution >= 4 is 0 Å². The normalized spacial score (nSPS) is 17.1. The molecule has 0 saturated heterocycles. The average molecular weight is 430 g/mol. The first-order valence-corrected chi connectivity index (χ1v) is 10.2. The van der Waals surface area contributed by atoms with Gasteiger partial charge in [-0.3, -0.25) is 4.90 Å². The van der Waals surface area contributed by atoms with E-state index in [1.165, 1.54) is 12.1 Å². The van der Waals surface area contributed by atoms with Gasteiger partial charge in [0, 0.05) is 37.1 Å². The number of hydrogen-bond donors (Lipinski definition) is 0. The smallest absolute Gasteiger partial charge is 0.416 e. The second-order valence-electron chi connectivity index (χ2n) is 7.65. The fraction of sp³-hybridized carbons (Fsp3) is 0.333. The average Bonchev–Trinajstić information content (AvgIpc) is 3.14. The van der Waals surface area contributed by atoms with Crippen molar-refractivity contribution in [1.82, 2.24) is 9.47 Å². The van der Waals surface area contributed by atoms with Crippen LogP contribution >= 0.6 is 0 Å². The third-order valence-corrected chi connectivity index (χ3v) is 5.74. The SMILES string of the molecule is COc1ccc(OC)c(CN2CCCn3cccc3[C@@H]2c2cccc(C(F)(F)F)c2)c1. The molecule has 0 amide bonds. The lowest BCUT2D eigenvalue weighted by Crippen LogP contribution is -2.30. The number of halogens is 3. The van der Waals surface area contributed by atoms with Gasteiger partial charge in [-0.2, -0.15) is 13.2 Å². The van der Waals surface area contributed by atoms with Crippen LogP contribution in [0, 0.1) is 0 Å². The van der Waals surface area contributed by atoms with E-state index in [0.717, 1.165) is 42.6 Å². The van der Waals surface area contributed by atoms with E-state index in [-0.39, 0.29) is 6.04 Å². The van der Waals surface area contributed by atoms with Gasteiger partial charge >= 0.3 is 6.18 Å². The summed E-state index contributed by atoms with van der Waals surface area (Å²) in [5.74, 6) is 1.44. The van der Waals surface area contributed by atoms with Crippen molar-refractivity contribution in [3.8, 4) is 11.5 Å².